The third-order valence-corrected chi connectivity index (χ3v) is 10.5. The molecule has 0 amide bonds. The molecule has 1 aliphatic rings. The summed E-state index contributed by atoms with van der Waals surface area (Å²) >= 11 is 0. The van der Waals surface area contributed by atoms with Crippen molar-refractivity contribution in [3.05, 3.63) is 59.7 Å². The SMILES string of the molecule is CCN(CC)S(=O)(=O)c1ccc(S(=O)(=O)N(Cc2ccc(C(C)C)cc2)C2CCCC2)cc1. The van der Waals surface area contributed by atoms with Gasteiger partial charge in [-0.05, 0) is 54.2 Å². The summed E-state index contributed by atoms with van der Waals surface area (Å²) < 4.78 is 55.9. The Balaban J connectivity index is 1.91. The van der Waals surface area contributed by atoms with Crippen LogP contribution in [0.1, 0.15) is 70.4 Å². The number of hydrogen-bond donors (Lipinski definition) is 0. The van der Waals surface area contributed by atoms with Crippen molar-refractivity contribution in [3.8, 4) is 0 Å². The molecular weight excluding hydrogens is 456 g/mol. The van der Waals surface area contributed by atoms with Crippen molar-refractivity contribution in [1.82, 2.24) is 8.61 Å². The van der Waals surface area contributed by atoms with Gasteiger partial charge in [0.15, 0.2) is 0 Å². The Bertz CT molecular complexity index is 1120. The minimum Gasteiger partial charge on any atom is -0.207 e. The van der Waals surface area contributed by atoms with Gasteiger partial charge < -0.3 is 0 Å². The fourth-order valence-corrected chi connectivity index (χ4v) is 7.55. The van der Waals surface area contributed by atoms with Crippen LogP contribution >= 0.6 is 0 Å². The molecule has 3 rings (SSSR count). The minimum absolute atomic E-state index is 0.0427. The molecule has 1 fully saturated rings. The first-order valence-corrected chi connectivity index (χ1v) is 14.7. The molecular formula is C25H36N2O4S2. The maximum Gasteiger partial charge on any atom is 0.243 e. The summed E-state index contributed by atoms with van der Waals surface area (Å²) in [5.74, 6) is 0.417. The fourth-order valence-electron chi connectivity index (χ4n) is 4.42. The van der Waals surface area contributed by atoms with Crippen LogP contribution in [0.15, 0.2) is 58.3 Å². The van der Waals surface area contributed by atoms with Crippen molar-refractivity contribution < 1.29 is 16.8 Å². The van der Waals surface area contributed by atoms with E-state index in [2.05, 4.69) is 26.0 Å². The molecule has 0 unspecified atom stereocenters. The second kappa shape index (κ2) is 10.7. The zero-order valence-corrected chi connectivity index (χ0v) is 21.7. The molecule has 0 spiro atoms. The lowest BCUT2D eigenvalue weighted by atomic mass is 10.0. The van der Waals surface area contributed by atoms with Gasteiger partial charge in [0, 0.05) is 25.7 Å². The zero-order chi connectivity index (χ0) is 24.2. The number of rotatable bonds is 10. The molecule has 0 aromatic heterocycles. The first-order chi connectivity index (χ1) is 15.6. The van der Waals surface area contributed by atoms with E-state index in [1.54, 1.807) is 18.2 Å². The quantitative estimate of drug-likeness (QED) is 0.469. The van der Waals surface area contributed by atoms with Crippen LogP contribution in [-0.4, -0.2) is 44.6 Å². The van der Waals surface area contributed by atoms with Crippen LogP contribution in [-0.2, 0) is 26.6 Å². The van der Waals surface area contributed by atoms with Crippen LogP contribution in [0.2, 0.25) is 0 Å². The predicted octanol–water partition coefficient (Wildman–Crippen LogP) is 4.97. The van der Waals surface area contributed by atoms with Gasteiger partial charge in [0.25, 0.3) is 0 Å². The van der Waals surface area contributed by atoms with E-state index in [0.29, 0.717) is 25.6 Å². The van der Waals surface area contributed by atoms with E-state index in [-0.39, 0.29) is 15.8 Å². The van der Waals surface area contributed by atoms with Crippen molar-refractivity contribution in [2.45, 2.75) is 81.7 Å². The highest BCUT2D eigenvalue weighted by Crippen LogP contribution is 2.31. The molecule has 0 aliphatic heterocycles. The average molecular weight is 493 g/mol. The smallest absolute Gasteiger partial charge is 0.207 e. The van der Waals surface area contributed by atoms with Crippen LogP contribution in [0.25, 0.3) is 0 Å². The molecule has 33 heavy (non-hydrogen) atoms. The molecule has 182 valence electrons. The molecule has 1 saturated carbocycles. The standard InChI is InChI=1S/C25H36N2O4S2/c1-5-26(6-2)32(28,29)24-15-17-25(18-16-24)33(30,31)27(23-9-7-8-10-23)19-21-11-13-22(14-12-21)20(3)4/h11-18,20,23H,5-10,19H2,1-4H3. The highest BCUT2D eigenvalue weighted by molar-refractivity contribution is 7.89. The molecule has 2 aromatic rings. The van der Waals surface area contributed by atoms with E-state index in [0.717, 1.165) is 31.2 Å². The summed E-state index contributed by atoms with van der Waals surface area (Å²) in [5.41, 5.74) is 2.18. The first-order valence-electron chi connectivity index (χ1n) is 11.8. The largest absolute Gasteiger partial charge is 0.243 e. The molecule has 6 nitrogen and oxygen atoms in total. The highest BCUT2D eigenvalue weighted by Gasteiger charge is 2.34. The van der Waals surface area contributed by atoms with Gasteiger partial charge in [-0.25, -0.2) is 16.8 Å². The fraction of sp³-hybridized carbons (Fsp3) is 0.520. The second-order valence-electron chi connectivity index (χ2n) is 8.95. The predicted molar refractivity (Wildman–Crippen MR) is 132 cm³/mol. The lowest BCUT2D eigenvalue weighted by molar-refractivity contribution is 0.316. The topological polar surface area (TPSA) is 74.8 Å². The minimum atomic E-state index is -3.78. The Kier molecular flexibility index (Phi) is 8.37. The van der Waals surface area contributed by atoms with Gasteiger partial charge >= 0.3 is 0 Å². The van der Waals surface area contributed by atoms with Crippen LogP contribution in [0.4, 0.5) is 0 Å². The molecule has 0 radical (unpaired) electrons. The first kappa shape index (κ1) is 25.9. The van der Waals surface area contributed by atoms with Crippen molar-refractivity contribution in [1.29, 1.82) is 0 Å². The Labute approximate surface area is 199 Å². The molecule has 1 aliphatic carbocycles. The third kappa shape index (κ3) is 5.67. The normalized spacial score (nSPS) is 15.7. The number of sulfonamides is 2. The third-order valence-electron chi connectivity index (χ3n) is 6.49. The van der Waals surface area contributed by atoms with Gasteiger partial charge in [0.2, 0.25) is 20.0 Å². The molecule has 0 bridgehead atoms. The Morgan fingerprint density at radius 1 is 0.788 bits per heavy atom. The van der Waals surface area contributed by atoms with Crippen LogP contribution < -0.4 is 0 Å². The van der Waals surface area contributed by atoms with Crippen LogP contribution in [0.3, 0.4) is 0 Å². The van der Waals surface area contributed by atoms with Gasteiger partial charge in [0.1, 0.15) is 0 Å². The van der Waals surface area contributed by atoms with Crippen LogP contribution in [0.5, 0.6) is 0 Å². The van der Waals surface area contributed by atoms with Crippen molar-refractivity contribution >= 4 is 20.0 Å². The van der Waals surface area contributed by atoms with Gasteiger partial charge in [-0.2, -0.15) is 8.61 Å². The molecule has 8 heteroatoms. The Morgan fingerprint density at radius 3 is 1.73 bits per heavy atom. The van der Waals surface area contributed by atoms with E-state index in [4.69, 9.17) is 0 Å². The Hall–Kier alpha value is -1.74. The lowest BCUT2D eigenvalue weighted by Crippen LogP contribution is -2.38. The van der Waals surface area contributed by atoms with Gasteiger partial charge in [0.05, 0.1) is 9.79 Å². The van der Waals surface area contributed by atoms with E-state index < -0.39 is 20.0 Å². The highest BCUT2D eigenvalue weighted by atomic mass is 32.2. The number of hydrogen-bond acceptors (Lipinski definition) is 4. The lowest BCUT2D eigenvalue weighted by Gasteiger charge is -2.28. The van der Waals surface area contributed by atoms with Crippen LogP contribution in [0, 0.1) is 0 Å². The Morgan fingerprint density at radius 2 is 1.27 bits per heavy atom. The van der Waals surface area contributed by atoms with Crippen molar-refractivity contribution in [2.24, 2.45) is 0 Å². The van der Waals surface area contributed by atoms with E-state index in [9.17, 15) is 16.8 Å². The number of benzene rings is 2. The summed E-state index contributed by atoms with van der Waals surface area (Å²) in [6.07, 6.45) is 3.73. The summed E-state index contributed by atoms with van der Waals surface area (Å²) in [6, 6.07) is 13.8. The molecule has 2 aromatic carbocycles. The molecule has 0 heterocycles. The van der Waals surface area contributed by atoms with E-state index in [1.807, 2.05) is 12.1 Å². The van der Waals surface area contributed by atoms with Gasteiger partial charge in [-0.1, -0.05) is 64.8 Å². The average Bonchev–Trinajstić information content (AvgIpc) is 3.33. The maximum atomic E-state index is 13.7. The molecule has 0 N–H and O–H groups in total. The molecule has 0 atom stereocenters. The summed E-state index contributed by atoms with van der Waals surface area (Å²) in [6.45, 7) is 8.88. The zero-order valence-electron chi connectivity index (χ0n) is 20.1. The van der Waals surface area contributed by atoms with E-state index in [1.165, 1.54) is 34.1 Å². The van der Waals surface area contributed by atoms with Crippen molar-refractivity contribution in [2.75, 3.05) is 13.1 Å². The maximum absolute atomic E-state index is 13.7. The summed E-state index contributed by atoms with van der Waals surface area (Å²) in [5, 5.41) is 0. The molecule has 0 saturated heterocycles. The summed E-state index contributed by atoms with van der Waals surface area (Å²) in [4.78, 5) is 0.244. The van der Waals surface area contributed by atoms with E-state index >= 15 is 0 Å². The van der Waals surface area contributed by atoms with Gasteiger partial charge in [-0.15, -0.1) is 0 Å². The summed E-state index contributed by atoms with van der Waals surface area (Å²) in [7, 11) is -7.41. The monoisotopic (exact) mass is 492 g/mol. The second-order valence-corrected chi connectivity index (χ2v) is 12.8. The van der Waals surface area contributed by atoms with Crippen molar-refractivity contribution in [3.63, 3.8) is 0 Å². The van der Waals surface area contributed by atoms with Gasteiger partial charge in [-0.3, -0.25) is 0 Å². The number of nitrogens with zero attached hydrogens (tertiary/aromatic N) is 2.